The summed E-state index contributed by atoms with van der Waals surface area (Å²) in [5, 5.41) is 8.59. The van der Waals surface area contributed by atoms with Crippen LogP contribution in [0.4, 0.5) is 0 Å². The van der Waals surface area contributed by atoms with Crippen LogP contribution >= 0.6 is 0 Å². The van der Waals surface area contributed by atoms with Gasteiger partial charge in [-0.25, -0.2) is 8.51 Å². The van der Waals surface area contributed by atoms with E-state index in [0.717, 1.165) is 0 Å². The average Bonchev–Trinajstić information content (AvgIpc) is 2.33. The van der Waals surface area contributed by atoms with Crippen LogP contribution in [-0.2, 0) is 15.8 Å². The van der Waals surface area contributed by atoms with Crippen LogP contribution in [0.25, 0.3) is 0 Å². The van der Waals surface area contributed by atoms with Gasteiger partial charge < -0.3 is 5.11 Å². The predicted octanol–water partition coefficient (Wildman–Crippen LogP) is -0.314. The smallest absolute Gasteiger partial charge is 0.307 e. The Bertz CT molecular complexity index is 174. The lowest BCUT2D eigenvalue weighted by Gasteiger charge is -2.09. The third kappa shape index (κ3) is 2.00. The van der Waals surface area contributed by atoms with Gasteiger partial charge in [0.15, 0.2) is 0 Å². The lowest BCUT2D eigenvalue weighted by molar-refractivity contribution is -0.141. The molecule has 0 amide bonds. The molecule has 0 radical (unpaired) electrons. The topological polar surface area (TPSA) is 57.6 Å². The summed E-state index contributed by atoms with van der Waals surface area (Å²) >= 11 is 0. The number of hydrogen-bond donors (Lipinski definition) is 1. The minimum Gasteiger partial charge on any atom is -0.481 e. The third-order valence-electron chi connectivity index (χ3n) is 1.86. The Morgan fingerprint density at radius 1 is 1.73 bits per heavy atom. The van der Waals surface area contributed by atoms with Gasteiger partial charge >= 0.3 is 5.97 Å². The van der Waals surface area contributed by atoms with E-state index in [2.05, 4.69) is 0 Å². The van der Waals surface area contributed by atoms with E-state index in [1.807, 2.05) is 0 Å². The summed E-state index contributed by atoms with van der Waals surface area (Å²) in [6.45, 7) is 1.07. The molecule has 5 heteroatoms. The Hall–Kier alpha value is -0.420. The van der Waals surface area contributed by atoms with Crippen molar-refractivity contribution in [1.82, 2.24) is 4.31 Å². The first-order chi connectivity index (χ1) is 5.11. The summed E-state index contributed by atoms with van der Waals surface area (Å²) in [6.07, 6.45) is 2.19. The molecule has 1 fully saturated rings. The first kappa shape index (κ1) is 8.67. The molecular formula is C6H11NO3S. The molecule has 0 aromatic heterocycles. The zero-order valence-corrected chi connectivity index (χ0v) is 7.13. The number of carboxylic acids is 1. The zero-order valence-electron chi connectivity index (χ0n) is 6.32. The molecule has 0 aliphatic carbocycles. The zero-order chi connectivity index (χ0) is 8.43. The lowest BCUT2D eigenvalue weighted by atomic mass is 10.1. The fourth-order valence-corrected chi connectivity index (χ4v) is 1.92. The van der Waals surface area contributed by atoms with Crippen molar-refractivity contribution in [3.8, 4) is 0 Å². The molecule has 0 aromatic carbocycles. The van der Waals surface area contributed by atoms with E-state index in [4.69, 9.17) is 5.11 Å². The Morgan fingerprint density at radius 2 is 2.36 bits per heavy atom. The molecule has 11 heavy (non-hydrogen) atoms. The van der Waals surface area contributed by atoms with Gasteiger partial charge in [-0.05, 0) is 6.42 Å². The monoisotopic (exact) mass is 177 g/mol. The van der Waals surface area contributed by atoms with Crippen LogP contribution in [-0.4, -0.2) is 38.9 Å². The Kier molecular flexibility index (Phi) is 2.62. The van der Waals surface area contributed by atoms with Crippen molar-refractivity contribution in [3.63, 3.8) is 0 Å². The van der Waals surface area contributed by atoms with E-state index in [9.17, 15) is 9.00 Å². The van der Waals surface area contributed by atoms with Gasteiger partial charge in [-0.15, -0.1) is 0 Å². The van der Waals surface area contributed by atoms with Gasteiger partial charge in [0, 0.05) is 19.3 Å². The van der Waals surface area contributed by atoms with E-state index in [0.29, 0.717) is 19.5 Å². The summed E-state index contributed by atoms with van der Waals surface area (Å²) in [7, 11) is -1.01. The number of carbonyl (C=O) groups is 1. The first-order valence-electron chi connectivity index (χ1n) is 3.42. The SMILES string of the molecule is CS(=O)N1CCC(C(=O)O)C1. The Labute approximate surface area is 67.8 Å². The van der Waals surface area contributed by atoms with Crippen LogP contribution in [0.15, 0.2) is 0 Å². The third-order valence-corrected chi connectivity index (χ3v) is 2.92. The lowest BCUT2D eigenvalue weighted by Crippen LogP contribution is -2.24. The molecule has 1 aliphatic heterocycles. The molecule has 1 rings (SSSR count). The van der Waals surface area contributed by atoms with Crippen molar-refractivity contribution >= 4 is 17.0 Å². The second-order valence-electron chi connectivity index (χ2n) is 2.64. The van der Waals surface area contributed by atoms with Crippen LogP contribution in [0.2, 0.25) is 0 Å². The maximum atomic E-state index is 10.9. The number of carboxylic acid groups (broad SMARTS) is 1. The van der Waals surface area contributed by atoms with E-state index < -0.39 is 17.0 Å². The highest BCUT2D eigenvalue weighted by molar-refractivity contribution is 7.81. The Balaban J connectivity index is 2.47. The van der Waals surface area contributed by atoms with Gasteiger partial charge in [0.05, 0.1) is 16.9 Å². The summed E-state index contributed by atoms with van der Waals surface area (Å²) in [5.74, 6) is -1.10. The summed E-state index contributed by atoms with van der Waals surface area (Å²) < 4.78 is 12.5. The molecule has 1 N–H and O–H groups in total. The van der Waals surface area contributed by atoms with Gasteiger partial charge in [0.2, 0.25) is 0 Å². The number of hydrogen-bond acceptors (Lipinski definition) is 2. The molecule has 0 bridgehead atoms. The standard InChI is InChI=1S/C6H11NO3S/c1-11(10)7-3-2-5(4-7)6(8)9/h5H,2-4H2,1H3,(H,8,9). The molecule has 2 unspecified atom stereocenters. The van der Waals surface area contributed by atoms with E-state index in [1.165, 1.54) is 0 Å². The molecule has 2 atom stereocenters. The molecule has 0 aromatic rings. The molecule has 1 saturated heterocycles. The maximum Gasteiger partial charge on any atom is 0.307 e. The van der Waals surface area contributed by atoms with Crippen LogP contribution in [0.5, 0.6) is 0 Å². The normalized spacial score (nSPS) is 28.6. The fraction of sp³-hybridized carbons (Fsp3) is 0.833. The minimum absolute atomic E-state index is 0.320. The first-order valence-corrected chi connectivity index (χ1v) is 4.94. The molecule has 1 heterocycles. The highest BCUT2D eigenvalue weighted by Crippen LogP contribution is 2.16. The number of nitrogens with zero attached hydrogens (tertiary/aromatic N) is 1. The highest BCUT2D eigenvalue weighted by Gasteiger charge is 2.29. The van der Waals surface area contributed by atoms with Crippen LogP contribution < -0.4 is 0 Å². The summed E-state index contributed by atoms with van der Waals surface area (Å²) in [6, 6.07) is 0. The van der Waals surface area contributed by atoms with E-state index in [1.54, 1.807) is 10.6 Å². The molecule has 64 valence electrons. The van der Waals surface area contributed by atoms with Gasteiger partial charge in [-0.3, -0.25) is 4.79 Å². The van der Waals surface area contributed by atoms with Crippen molar-refractivity contribution in [3.05, 3.63) is 0 Å². The van der Waals surface area contributed by atoms with Crippen molar-refractivity contribution in [2.45, 2.75) is 6.42 Å². The highest BCUT2D eigenvalue weighted by atomic mass is 32.2. The predicted molar refractivity (Wildman–Crippen MR) is 41.4 cm³/mol. The van der Waals surface area contributed by atoms with Crippen molar-refractivity contribution < 1.29 is 14.1 Å². The van der Waals surface area contributed by atoms with E-state index >= 15 is 0 Å². The van der Waals surface area contributed by atoms with Crippen LogP contribution in [0.1, 0.15) is 6.42 Å². The van der Waals surface area contributed by atoms with Crippen LogP contribution in [0, 0.1) is 5.92 Å². The van der Waals surface area contributed by atoms with Crippen LogP contribution in [0.3, 0.4) is 0 Å². The van der Waals surface area contributed by atoms with Crippen molar-refractivity contribution in [1.29, 1.82) is 0 Å². The average molecular weight is 177 g/mol. The second-order valence-corrected chi connectivity index (χ2v) is 4.00. The molecule has 0 spiro atoms. The van der Waals surface area contributed by atoms with Gasteiger partial charge in [0.25, 0.3) is 0 Å². The van der Waals surface area contributed by atoms with Gasteiger partial charge in [0.1, 0.15) is 0 Å². The summed E-state index contributed by atoms with van der Waals surface area (Å²) in [4.78, 5) is 10.4. The van der Waals surface area contributed by atoms with Gasteiger partial charge in [-0.1, -0.05) is 0 Å². The Morgan fingerprint density at radius 3 is 2.64 bits per heavy atom. The molecule has 0 saturated carbocycles. The summed E-state index contributed by atoms with van der Waals surface area (Å²) in [5.41, 5.74) is 0. The van der Waals surface area contributed by atoms with Gasteiger partial charge in [-0.2, -0.15) is 0 Å². The molecular weight excluding hydrogens is 166 g/mol. The largest absolute Gasteiger partial charge is 0.481 e. The second kappa shape index (κ2) is 3.32. The molecule has 4 nitrogen and oxygen atoms in total. The quantitative estimate of drug-likeness (QED) is 0.629. The van der Waals surface area contributed by atoms with Crippen molar-refractivity contribution in [2.75, 3.05) is 19.3 Å². The van der Waals surface area contributed by atoms with E-state index in [-0.39, 0.29) is 5.92 Å². The number of rotatable bonds is 2. The minimum atomic E-state index is -1.01. The number of aliphatic carboxylic acids is 1. The maximum absolute atomic E-state index is 10.9. The molecule has 1 aliphatic rings. The fourth-order valence-electron chi connectivity index (χ4n) is 1.16. The van der Waals surface area contributed by atoms with Crippen molar-refractivity contribution in [2.24, 2.45) is 5.92 Å².